The fraction of sp³-hybridized carbons (Fsp3) is 0.333. The summed E-state index contributed by atoms with van der Waals surface area (Å²) in [6.45, 7) is 2.12. The third-order valence-electron chi connectivity index (χ3n) is 5.51. The second-order valence-corrected chi connectivity index (χ2v) is 11.1. The van der Waals surface area contributed by atoms with Gasteiger partial charge in [0.05, 0.1) is 36.4 Å². The minimum absolute atomic E-state index is 0.0650. The normalized spacial score (nSPS) is 11.2. The molecule has 0 aliphatic carbocycles. The van der Waals surface area contributed by atoms with Crippen LogP contribution in [-0.4, -0.2) is 65.0 Å². The van der Waals surface area contributed by atoms with E-state index in [-0.39, 0.29) is 27.3 Å². The summed E-state index contributed by atoms with van der Waals surface area (Å²) in [4.78, 5) is 17.7. The van der Waals surface area contributed by atoms with Gasteiger partial charge in [-0.05, 0) is 54.9 Å². The number of methoxy groups -OCH3 is 2. The first-order valence-corrected chi connectivity index (χ1v) is 13.6. The van der Waals surface area contributed by atoms with Crippen molar-refractivity contribution in [2.45, 2.75) is 18.4 Å². The van der Waals surface area contributed by atoms with Crippen molar-refractivity contribution in [2.24, 2.45) is 0 Å². The van der Waals surface area contributed by atoms with Crippen LogP contribution in [0.4, 0.5) is 11.4 Å². The summed E-state index contributed by atoms with van der Waals surface area (Å²) in [6.07, 6.45) is 1.67. The summed E-state index contributed by atoms with van der Waals surface area (Å²) >= 11 is 7.80. The highest BCUT2D eigenvalue weighted by atomic mass is 35.5. The number of carbonyl (C=O) groups is 1. The monoisotopic (exact) mass is 552 g/mol. The van der Waals surface area contributed by atoms with Crippen LogP contribution in [-0.2, 0) is 21.4 Å². The molecule has 9 nitrogen and oxygen atoms in total. The zero-order valence-electron chi connectivity index (χ0n) is 20.8. The molecule has 0 unspecified atom stereocenters. The molecule has 3 rings (SSSR count). The highest BCUT2D eigenvalue weighted by Crippen LogP contribution is 2.36. The molecule has 0 saturated heterocycles. The maximum atomic E-state index is 14.0. The summed E-state index contributed by atoms with van der Waals surface area (Å²) in [5.74, 6) is 0.257. The van der Waals surface area contributed by atoms with Crippen LogP contribution in [0, 0.1) is 0 Å². The Hall–Kier alpha value is -3.02. The first-order chi connectivity index (χ1) is 17.1. The van der Waals surface area contributed by atoms with E-state index in [1.807, 2.05) is 32.0 Å². The van der Waals surface area contributed by atoms with Crippen LogP contribution in [0.5, 0.6) is 11.5 Å². The number of hydrogen-bond acceptors (Lipinski definition) is 8. The predicted octanol–water partition coefficient (Wildman–Crippen LogP) is 4.12. The number of nitrogens with zero attached hydrogens (tertiary/aromatic N) is 4. The van der Waals surface area contributed by atoms with Gasteiger partial charge in [0, 0.05) is 43.5 Å². The molecule has 2 aromatic carbocycles. The van der Waals surface area contributed by atoms with Crippen LogP contribution in [0.2, 0.25) is 5.02 Å². The lowest BCUT2D eigenvalue weighted by atomic mass is 10.2. The number of sulfonamides is 1. The fourth-order valence-corrected chi connectivity index (χ4v) is 5.79. The van der Waals surface area contributed by atoms with Gasteiger partial charge in [-0.3, -0.25) is 9.10 Å². The van der Waals surface area contributed by atoms with Crippen molar-refractivity contribution < 1.29 is 22.7 Å². The minimum atomic E-state index is -4.24. The predicted molar refractivity (Wildman–Crippen MR) is 143 cm³/mol. The molecule has 1 heterocycles. The SMILES string of the molecule is CCN(Cc1ccns1)C(=O)CN(c1cc(N(C)C)ccc1Cl)S(=O)(=O)c1ccc(OC)c(OC)c1. The van der Waals surface area contributed by atoms with Crippen molar-refractivity contribution in [3.63, 3.8) is 0 Å². The molecular weight excluding hydrogens is 524 g/mol. The number of likely N-dealkylation sites (N-methyl/N-ethyl adjacent to an activating group) is 1. The number of hydrogen-bond donors (Lipinski definition) is 0. The number of halogens is 1. The van der Waals surface area contributed by atoms with Crippen LogP contribution < -0.4 is 18.7 Å². The Balaban J connectivity index is 2.09. The van der Waals surface area contributed by atoms with Gasteiger partial charge in [0.2, 0.25) is 5.91 Å². The minimum Gasteiger partial charge on any atom is -0.493 e. The Labute approximate surface area is 221 Å². The number of rotatable bonds is 11. The number of ether oxygens (including phenoxy) is 2. The van der Waals surface area contributed by atoms with E-state index in [0.717, 1.165) is 14.9 Å². The van der Waals surface area contributed by atoms with E-state index in [2.05, 4.69) is 4.37 Å². The molecule has 0 radical (unpaired) electrons. The first kappa shape index (κ1) is 27.6. The Bertz CT molecular complexity index is 1300. The third kappa shape index (κ3) is 6.03. The molecular formula is C24H29ClN4O5S2. The molecule has 1 amide bonds. The molecule has 0 atom stereocenters. The number of benzene rings is 2. The lowest BCUT2D eigenvalue weighted by Crippen LogP contribution is -2.43. The smallest absolute Gasteiger partial charge is 0.264 e. The maximum absolute atomic E-state index is 14.0. The second-order valence-electron chi connectivity index (χ2n) is 7.95. The molecule has 12 heteroatoms. The van der Waals surface area contributed by atoms with Crippen LogP contribution >= 0.6 is 23.1 Å². The van der Waals surface area contributed by atoms with Crippen LogP contribution in [0.1, 0.15) is 11.8 Å². The van der Waals surface area contributed by atoms with Crippen molar-refractivity contribution in [3.05, 3.63) is 58.6 Å². The summed E-state index contributed by atoms with van der Waals surface area (Å²) < 4.78 is 43.6. The lowest BCUT2D eigenvalue weighted by Gasteiger charge is -2.29. The highest BCUT2D eigenvalue weighted by molar-refractivity contribution is 7.92. The molecule has 0 N–H and O–H groups in total. The number of anilines is 2. The molecule has 1 aromatic heterocycles. The summed E-state index contributed by atoms with van der Waals surface area (Å²) in [6, 6.07) is 11.1. The maximum Gasteiger partial charge on any atom is 0.264 e. The van der Waals surface area contributed by atoms with Gasteiger partial charge in [0.15, 0.2) is 11.5 Å². The molecule has 0 fully saturated rings. The number of carbonyl (C=O) groups excluding carboxylic acids is 1. The van der Waals surface area contributed by atoms with Gasteiger partial charge < -0.3 is 19.3 Å². The molecule has 3 aromatic rings. The van der Waals surface area contributed by atoms with E-state index in [1.54, 1.807) is 29.3 Å². The topological polar surface area (TPSA) is 92.3 Å². The Morgan fingerprint density at radius 3 is 2.36 bits per heavy atom. The van der Waals surface area contributed by atoms with Crippen molar-refractivity contribution in [1.29, 1.82) is 0 Å². The largest absolute Gasteiger partial charge is 0.493 e. The molecule has 0 saturated carbocycles. The van der Waals surface area contributed by atoms with E-state index in [0.29, 0.717) is 18.8 Å². The quantitative estimate of drug-likeness (QED) is 0.353. The highest BCUT2D eigenvalue weighted by Gasteiger charge is 2.31. The van der Waals surface area contributed by atoms with Gasteiger partial charge in [-0.2, -0.15) is 0 Å². The molecule has 194 valence electrons. The van der Waals surface area contributed by atoms with E-state index < -0.39 is 16.6 Å². The number of amides is 1. The Morgan fingerprint density at radius 2 is 1.78 bits per heavy atom. The Morgan fingerprint density at radius 1 is 1.06 bits per heavy atom. The van der Waals surface area contributed by atoms with Crippen molar-refractivity contribution in [2.75, 3.05) is 50.6 Å². The van der Waals surface area contributed by atoms with E-state index in [4.69, 9.17) is 21.1 Å². The zero-order valence-corrected chi connectivity index (χ0v) is 23.2. The zero-order chi connectivity index (χ0) is 26.5. The van der Waals surface area contributed by atoms with E-state index in [9.17, 15) is 13.2 Å². The molecule has 0 bridgehead atoms. The molecule has 0 aliphatic heterocycles. The number of aromatic nitrogens is 1. The Kier molecular flexibility index (Phi) is 9.04. The van der Waals surface area contributed by atoms with Crippen molar-refractivity contribution >= 4 is 50.4 Å². The van der Waals surface area contributed by atoms with Gasteiger partial charge in [-0.1, -0.05) is 11.6 Å². The average molecular weight is 553 g/mol. The summed E-state index contributed by atoms with van der Waals surface area (Å²) in [5, 5.41) is 0.197. The standard InChI is InChI=1S/C24H29ClN4O5S2/c1-6-28(15-18-11-12-26-35-18)24(30)16-29(21-13-17(27(2)3)7-9-20(21)25)36(31,32)19-8-10-22(33-4)23(14-19)34-5/h7-14H,6,15-16H2,1-5H3. The van der Waals surface area contributed by atoms with Crippen LogP contribution in [0.25, 0.3) is 0 Å². The second kappa shape index (κ2) is 11.8. The van der Waals surface area contributed by atoms with Crippen LogP contribution in [0.15, 0.2) is 53.6 Å². The van der Waals surface area contributed by atoms with Crippen molar-refractivity contribution in [3.8, 4) is 11.5 Å². The van der Waals surface area contributed by atoms with Gasteiger partial charge in [0.1, 0.15) is 6.54 Å². The van der Waals surface area contributed by atoms with Crippen LogP contribution in [0.3, 0.4) is 0 Å². The van der Waals surface area contributed by atoms with Gasteiger partial charge in [-0.15, -0.1) is 0 Å². The summed E-state index contributed by atoms with van der Waals surface area (Å²) in [7, 11) is 2.31. The van der Waals surface area contributed by atoms with Gasteiger partial charge in [0.25, 0.3) is 10.0 Å². The fourth-order valence-electron chi connectivity index (χ4n) is 3.49. The van der Waals surface area contributed by atoms with E-state index >= 15 is 0 Å². The summed E-state index contributed by atoms with van der Waals surface area (Å²) in [5.41, 5.74) is 0.922. The van der Waals surface area contributed by atoms with Gasteiger partial charge in [-0.25, -0.2) is 12.8 Å². The van der Waals surface area contributed by atoms with E-state index in [1.165, 1.54) is 44.0 Å². The third-order valence-corrected chi connectivity index (χ3v) is 8.31. The lowest BCUT2D eigenvalue weighted by molar-refractivity contribution is -0.129. The molecule has 0 aliphatic rings. The van der Waals surface area contributed by atoms with Crippen molar-refractivity contribution in [1.82, 2.24) is 9.27 Å². The molecule has 36 heavy (non-hydrogen) atoms. The average Bonchev–Trinajstić information content (AvgIpc) is 3.38. The van der Waals surface area contributed by atoms with Gasteiger partial charge >= 0.3 is 0 Å². The molecule has 0 spiro atoms. The first-order valence-electron chi connectivity index (χ1n) is 11.0.